The average Bonchev–Trinajstić information content (AvgIpc) is 2.89. The van der Waals surface area contributed by atoms with Gasteiger partial charge in [0.05, 0.1) is 33.3 Å². The van der Waals surface area contributed by atoms with Crippen molar-refractivity contribution in [3.8, 4) is 5.69 Å². The third-order valence-electron chi connectivity index (χ3n) is 6.25. The predicted octanol–water partition coefficient (Wildman–Crippen LogP) is 6.00. The third kappa shape index (κ3) is 6.07. The molecule has 2 amide bonds. The van der Waals surface area contributed by atoms with E-state index >= 15 is 0 Å². The van der Waals surface area contributed by atoms with Gasteiger partial charge in [-0.05, 0) is 63.0 Å². The Kier molecular flexibility index (Phi) is 8.57. The van der Waals surface area contributed by atoms with Crippen LogP contribution < -0.4 is 10.9 Å². The van der Waals surface area contributed by atoms with Crippen LogP contribution in [-0.4, -0.2) is 52.6 Å². The second-order valence-corrected chi connectivity index (χ2v) is 9.61. The molecule has 0 radical (unpaired) electrons. The van der Waals surface area contributed by atoms with E-state index in [2.05, 4.69) is 5.32 Å². The molecule has 7 nitrogen and oxygen atoms in total. The van der Waals surface area contributed by atoms with Gasteiger partial charge in [0.25, 0.3) is 5.56 Å². The van der Waals surface area contributed by atoms with E-state index in [0.29, 0.717) is 29.9 Å². The predicted molar refractivity (Wildman–Crippen MR) is 146 cm³/mol. The van der Waals surface area contributed by atoms with Crippen LogP contribution >= 0.6 is 11.6 Å². The summed E-state index contributed by atoms with van der Waals surface area (Å²) in [5.41, 5.74) is 0.0724. The quantitative estimate of drug-likeness (QED) is 0.288. The molecule has 1 aromatic heterocycles. The molecule has 0 fully saturated rings. The van der Waals surface area contributed by atoms with Gasteiger partial charge in [-0.1, -0.05) is 30.7 Å². The van der Waals surface area contributed by atoms with E-state index in [4.69, 9.17) is 16.6 Å². The monoisotopic (exact) mass is 557 g/mol. The summed E-state index contributed by atoms with van der Waals surface area (Å²) in [6.07, 6.45) is 0.326. The minimum atomic E-state index is -0.925. The first-order valence-corrected chi connectivity index (χ1v) is 12.6. The average molecular weight is 558 g/mol. The van der Waals surface area contributed by atoms with Crippen LogP contribution in [0.1, 0.15) is 25.2 Å². The lowest BCUT2D eigenvalue weighted by molar-refractivity contribution is 0.173. The largest absolute Gasteiger partial charge is 0.322 e. The molecule has 4 rings (SSSR count). The van der Waals surface area contributed by atoms with Crippen LogP contribution in [0, 0.1) is 17.5 Å². The van der Waals surface area contributed by atoms with Gasteiger partial charge >= 0.3 is 6.03 Å². The molecule has 1 atom stereocenters. The number of anilines is 1. The van der Waals surface area contributed by atoms with Crippen LogP contribution in [0.5, 0.6) is 0 Å². The first-order chi connectivity index (χ1) is 18.6. The molecule has 1 heterocycles. The normalized spacial score (nSPS) is 12.1. The molecule has 0 saturated heterocycles. The van der Waals surface area contributed by atoms with E-state index in [1.54, 1.807) is 24.3 Å². The lowest BCUT2D eigenvalue weighted by atomic mass is 10.1. The number of nitrogens with zero attached hydrogens (tertiary/aromatic N) is 4. The van der Waals surface area contributed by atoms with Crippen LogP contribution in [0.15, 0.2) is 65.5 Å². The Bertz CT molecular complexity index is 1580. The zero-order valence-corrected chi connectivity index (χ0v) is 22.3. The molecular formula is C28H27ClF3N5O2. The van der Waals surface area contributed by atoms with Crippen LogP contribution in [0.4, 0.5) is 23.7 Å². The fourth-order valence-electron chi connectivity index (χ4n) is 4.27. The molecule has 204 valence electrons. The molecular weight excluding hydrogens is 531 g/mol. The van der Waals surface area contributed by atoms with Gasteiger partial charge in [-0.15, -0.1) is 0 Å². The number of hydrogen-bond acceptors (Lipinski definition) is 4. The van der Waals surface area contributed by atoms with Crippen molar-refractivity contribution in [2.24, 2.45) is 0 Å². The number of hydrogen-bond donors (Lipinski definition) is 1. The van der Waals surface area contributed by atoms with Gasteiger partial charge in [0.15, 0.2) is 0 Å². The molecule has 0 saturated carbocycles. The maximum Gasteiger partial charge on any atom is 0.322 e. The van der Waals surface area contributed by atoms with E-state index in [1.807, 2.05) is 25.9 Å². The minimum Gasteiger partial charge on any atom is -0.313 e. The maximum absolute atomic E-state index is 14.4. The molecule has 0 aliphatic rings. The fourth-order valence-corrected chi connectivity index (χ4v) is 4.45. The zero-order chi connectivity index (χ0) is 28.3. The van der Waals surface area contributed by atoms with Gasteiger partial charge < -0.3 is 15.1 Å². The van der Waals surface area contributed by atoms with E-state index < -0.39 is 35.1 Å². The number of carbonyl (C=O) groups is 1. The molecule has 1 N–H and O–H groups in total. The Labute approximate surface area is 228 Å². The zero-order valence-electron chi connectivity index (χ0n) is 21.6. The number of urea groups is 1. The molecule has 0 aliphatic carbocycles. The molecule has 1 unspecified atom stereocenters. The Hall–Kier alpha value is -3.89. The SMILES string of the molecule is CCC(c1nc2ccccc2c(=O)n1-c1ccc(F)c(Cl)c1)N(CCN(C)C)C(=O)Nc1ccc(F)cc1F. The lowest BCUT2D eigenvalue weighted by Gasteiger charge is -2.33. The van der Waals surface area contributed by atoms with Crippen molar-refractivity contribution in [2.45, 2.75) is 19.4 Å². The van der Waals surface area contributed by atoms with Gasteiger partial charge in [-0.3, -0.25) is 9.36 Å². The van der Waals surface area contributed by atoms with Crippen LogP contribution in [-0.2, 0) is 0 Å². The molecule has 11 heteroatoms. The third-order valence-corrected chi connectivity index (χ3v) is 6.54. The summed E-state index contributed by atoms with van der Waals surface area (Å²) in [7, 11) is 3.67. The fraction of sp³-hybridized carbons (Fsp3) is 0.250. The smallest absolute Gasteiger partial charge is 0.313 e. The second kappa shape index (κ2) is 11.9. The highest BCUT2D eigenvalue weighted by Gasteiger charge is 2.30. The first-order valence-electron chi connectivity index (χ1n) is 12.2. The van der Waals surface area contributed by atoms with E-state index in [-0.39, 0.29) is 28.8 Å². The number of amides is 2. The summed E-state index contributed by atoms with van der Waals surface area (Å²) in [5.74, 6) is -2.13. The number of benzene rings is 3. The maximum atomic E-state index is 14.4. The summed E-state index contributed by atoms with van der Waals surface area (Å²) in [6, 6.07) is 12.1. The number of rotatable bonds is 8. The van der Waals surface area contributed by atoms with Crippen molar-refractivity contribution in [3.63, 3.8) is 0 Å². The second-order valence-electron chi connectivity index (χ2n) is 9.20. The van der Waals surface area contributed by atoms with Gasteiger partial charge in [0, 0.05) is 19.2 Å². The summed E-state index contributed by atoms with van der Waals surface area (Å²) >= 11 is 6.06. The van der Waals surface area contributed by atoms with Crippen LogP contribution in [0.3, 0.4) is 0 Å². The molecule has 4 aromatic rings. The van der Waals surface area contributed by atoms with E-state index in [9.17, 15) is 22.8 Å². The highest BCUT2D eigenvalue weighted by atomic mass is 35.5. The topological polar surface area (TPSA) is 70.5 Å². The van der Waals surface area contributed by atoms with Crippen molar-refractivity contribution in [2.75, 3.05) is 32.5 Å². The molecule has 0 bridgehead atoms. The summed E-state index contributed by atoms with van der Waals surface area (Å²) < 4.78 is 43.2. The minimum absolute atomic E-state index is 0.180. The van der Waals surface area contributed by atoms with Crippen molar-refractivity contribution in [1.82, 2.24) is 19.4 Å². The number of para-hydroxylation sites is 1. The van der Waals surface area contributed by atoms with Crippen molar-refractivity contribution < 1.29 is 18.0 Å². The Morgan fingerprint density at radius 1 is 1.03 bits per heavy atom. The number of halogens is 4. The molecule has 39 heavy (non-hydrogen) atoms. The summed E-state index contributed by atoms with van der Waals surface area (Å²) in [6.45, 7) is 2.45. The summed E-state index contributed by atoms with van der Waals surface area (Å²) in [4.78, 5) is 35.4. The number of carbonyl (C=O) groups excluding carboxylic acids is 1. The Balaban J connectivity index is 1.89. The highest BCUT2D eigenvalue weighted by molar-refractivity contribution is 6.30. The lowest BCUT2D eigenvalue weighted by Crippen LogP contribution is -2.44. The number of fused-ring (bicyclic) bond motifs is 1. The van der Waals surface area contributed by atoms with E-state index in [0.717, 1.165) is 18.2 Å². The number of likely N-dealkylation sites (N-methyl/N-ethyl adjacent to an activating group) is 1. The van der Waals surface area contributed by atoms with E-state index in [1.165, 1.54) is 21.6 Å². The Morgan fingerprint density at radius 3 is 2.44 bits per heavy atom. The highest BCUT2D eigenvalue weighted by Crippen LogP contribution is 2.28. The van der Waals surface area contributed by atoms with Crippen LogP contribution in [0.25, 0.3) is 16.6 Å². The number of aromatic nitrogens is 2. The standard InChI is InChI=1S/C28H27ClF3N5O2/c1-4-25(36(14-13-35(2)3)28(39)34-24-12-9-17(30)15-22(24)32)26-33-23-8-6-5-7-19(23)27(38)37(26)18-10-11-21(31)20(29)16-18/h5-12,15-16,25H,4,13-14H2,1-3H3,(H,34,39). The van der Waals surface area contributed by atoms with Crippen molar-refractivity contribution in [3.05, 3.63) is 99.3 Å². The molecule has 3 aromatic carbocycles. The van der Waals surface area contributed by atoms with Gasteiger partial charge in [0.1, 0.15) is 23.3 Å². The Morgan fingerprint density at radius 2 is 1.77 bits per heavy atom. The van der Waals surface area contributed by atoms with Gasteiger partial charge in [0.2, 0.25) is 0 Å². The molecule has 0 aliphatic heterocycles. The molecule has 0 spiro atoms. The van der Waals surface area contributed by atoms with Gasteiger partial charge in [-0.25, -0.2) is 22.9 Å². The number of nitrogens with one attached hydrogen (secondary N) is 1. The van der Waals surface area contributed by atoms with Gasteiger partial charge in [-0.2, -0.15) is 0 Å². The summed E-state index contributed by atoms with van der Waals surface area (Å²) in [5, 5.41) is 2.66. The van der Waals surface area contributed by atoms with Crippen LogP contribution in [0.2, 0.25) is 5.02 Å². The van der Waals surface area contributed by atoms with Crippen molar-refractivity contribution in [1.29, 1.82) is 0 Å². The van der Waals surface area contributed by atoms with Crippen molar-refractivity contribution >= 4 is 34.2 Å². The first kappa shape index (κ1) is 28.1.